The van der Waals surface area contributed by atoms with Crippen LogP contribution in [0.4, 0.5) is 8.78 Å². The monoisotopic (exact) mass is 321 g/mol. The Hall–Kier alpha value is -1.05. The molecule has 21 heavy (non-hydrogen) atoms. The number of halogens is 2. The molecule has 1 aromatic rings. The van der Waals surface area contributed by atoms with E-state index in [-0.39, 0.29) is 10.9 Å². The molecule has 120 valence electrons. The molecule has 1 rings (SSSR count). The second-order valence-corrected chi connectivity index (χ2v) is 7.24. The third-order valence-corrected chi connectivity index (χ3v) is 4.50. The van der Waals surface area contributed by atoms with Gasteiger partial charge in [0, 0.05) is 19.1 Å². The van der Waals surface area contributed by atoms with E-state index in [0.717, 1.165) is 5.56 Å². The van der Waals surface area contributed by atoms with Crippen molar-refractivity contribution in [2.24, 2.45) is 0 Å². The first-order chi connectivity index (χ1) is 9.64. The lowest BCUT2D eigenvalue weighted by Gasteiger charge is -2.27. The third-order valence-electron chi connectivity index (χ3n) is 3.10. The summed E-state index contributed by atoms with van der Waals surface area (Å²) in [6, 6.07) is 5.62. The quantitative estimate of drug-likeness (QED) is 0.837. The molecular formula is C14H21F2NO3S. The normalized spacial score (nSPS) is 14.1. The number of alkyl halides is 2. The Morgan fingerprint density at radius 1 is 1.14 bits per heavy atom. The summed E-state index contributed by atoms with van der Waals surface area (Å²) in [5, 5.41) is 9.46. The first kappa shape index (κ1) is 18.0. The Morgan fingerprint density at radius 3 is 2.05 bits per heavy atom. The summed E-state index contributed by atoms with van der Waals surface area (Å²) in [5.74, 6) is -3.41. The van der Waals surface area contributed by atoms with Gasteiger partial charge in [-0.25, -0.2) is 8.42 Å². The molecule has 0 aliphatic carbocycles. The standard InChI is InChI=1S/C14H21F2NO3S/c1-10(2)17(8-11(3)18)9-12-4-6-13(7-5-12)21(19,20)14(15)16/h4-7,10-11,14,18H,8-9H2,1-3H3. The van der Waals surface area contributed by atoms with E-state index in [4.69, 9.17) is 0 Å². The van der Waals surface area contributed by atoms with Gasteiger partial charge in [0.15, 0.2) is 0 Å². The van der Waals surface area contributed by atoms with Crippen molar-refractivity contribution in [2.45, 2.75) is 50.1 Å². The Balaban J connectivity index is 2.87. The molecule has 0 saturated heterocycles. The summed E-state index contributed by atoms with van der Waals surface area (Å²) >= 11 is 0. The zero-order valence-corrected chi connectivity index (χ0v) is 13.1. The van der Waals surface area contributed by atoms with Crippen LogP contribution in [0.25, 0.3) is 0 Å². The van der Waals surface area contributed by atoms with Crippen LogP contribution in [0.5, 0.6) is 0 Å². The SMILES string of the molecule is CC(O)CN(Cc1ccc(S(=O)(=O)C(F)F)cc1)C(C)C. The predicted octanol–water partition coefficient (Wildman–Crippen LogP) is 2.27. The third kappa shape index (κ3) is 5.01. The minimum Gasteiger partial charge on any atom is -0.392 e. The maximum atomic E-state index is 12.4. The maximum Gasteiger partial charge on any atom is 0.341 e. The number of hydrogen-bond donors (Lipinski definition) is 1. The van der Waals surface area contributed by atoms with Crippen molar-refractivity contribution >= 4 is 9.84 Å². The molecule has 1 atom stereocenters. The van der Waals surface area contributed by atoms with Crippen LogP contribution in [0.2, 0.25) is 0 Å². The highest BCUT2D eigenvalue weighted by Crippen LogP contribution is 2.19. The van der Waals surface area contributed by atoms with Crippen LogP contribution in [0.15, 0.2) is 29.2 Å². The first-order valence-corrected chi connectivity index (χ1v) is 8.22. The molecule has 0 bridgehead atoms. The largest absolute Gasteiger partial charge is 0.392 e. The van der Waals surface area contributed by atoms with E-state index >= 15 is 0 Å². The average molecular weight is 321 g/mol. The lowest BCUT2D eigenvalue weighted by Crippen LogP contribution is -2.36. The summed E-state index contributed by atoms with van der Waals surface area (Å²) in [4.78, 5) is 1.63. The van der Waals surface area contributed by atoms with Gasteiger partial charge in [-0.15, -0.1) is 0 Å². The van der Waals surface area contributed by atoms with Gasteiger partial charge in [0.25, 0.3) is 0 Å². The van der Waals surface area contributed by atoms with E-state index in [0.29, 0.717) is 13.1 Å². The van der Waals surface area contributed by atoms with Crippen LogP contribution < -0.4 is 0 Å². The number of hydrogen-bond acceptors (Lipinski definition) is 4. The first-order valence-electron chi connectivity index (χ1n) is 6.67. The Labute approximate surface area is 124 Å². The number of aliphatic hydroxyl groups excluding tert-OH is 1. The Bertz CT molecular complexity index is 542. The van der Waals surface area contributed by atoms with Crippen molar-refractivity contribution in [3.05, 3.63) is 29.8 Å². The van der Waals surface area contributed by atoms with Gasteiger partial charge in [0.1, 0.15) is 0 Å². The van der Waals surface area contributed by atoms with E-state index in [1.165, 1.54) is 24.3 Å². The molecule has 1 aromatic carbocycles. The molecule has 0 aliphatic heterocycles. The summed E-state index contributed by atoms with van der Waals surface area (Å²) in [6.45, 7) is 6.65. The van der Waals surface area contributed by atoms with Crippen molar-refractivity contribution in [3.8, 4) is 0 Å². The zero-order valence-electron chi connectivity index (χ0n) is 12.3. The molecule has 4 nitrogen and oxygen atoms in total. The molecule has 0 heterocycles. The van der Waals surface area contributed by atoms with E-state index in [2.05, 4.69) is 0 Å². The smallest absolute Gasteiger partial charge is 0.341 e. The highest BCUT2D eigenvalue weighted by molar-refractivity contribution is 7.91. The van der Waals surface area contributed by atoms with Crippen molar-refractivity contribution in [2.75, 3.05) is 6.54 Å². The topological polar surface area (TPSA) is 57.6 Å². The Morgan fingerprint density at radius 2 is 1.67 bits per heavy atom. The molecule has 1 unspecified atom stereocenters. The van der Waals surface area contributed by atoms with Gasteiger partial charge in [-0.2, -0.15) is 8.78 Å². The Kier molecular flexibility index (Phi) is 6.24. The average Bonchev–Trinajstić information content (AvgIpc) is 2.37. The van der Waals surface area contributed by atoms with Crippen LogP contribution in [0.1, 0.15) is 26.3 Å². The molecule has 0 saturated carbocycles. The lowest BCUT2D eigenvalue weighted by atomic mass is 10.2. The number of benzene rings is 1. The van der Waals surface area contributed by atoms with Gasteiger partial charge in [0.2, 0.25) is 9.84 Å². The van der Waals surface area contributed by atoms with Crippen molar-refractivity contribution < 1.29 is 22.3 Å². The van der Waals surface area contributed by atoms with Crippen molar-refractivity contribution in [3.63, 3.8) is 0 Å². The fraction of sp³-hybridized carbons (Fsp3) is 0.571. The van der Waals surface area contributed by atoms with E-state index in [9.17, 15) is 22.3 Å². The summed E-state index contributed by atoms with van der Waals surface area (Å²) < 4.78 is 47.5. The fourth-order valence-electron chi connectivity index (χ4n) is 1.92. The minimum absolute atomic E-state index is 0.198. The van der Waals surface area contributed by atoms with Crippen LogP contribution in [-0.4, -0.2) is 42.9 Å². The molecule has 7 heteroatoms. The van der Waals surface area contributed by atoms with Gasteiger partial charge in [0.05, 0.1) is 11.0 Å². The number of nitrogens with zero attached hydrogens (tertiary/aromatic N) is 1. The maximum absolute atomic E-state index is 12.4. The van der Waals surface area contributed by atoms with Gasteiger partial charge >= 0.3 is 5.76 Å². The van der Waals surface area contributed by atoms with E-state index < -0.39 is 21.7 Å². The van der Waals surface area contributed by atoms with Gasteiger partial charge < -0.3 is 5.11 Å². The van der Waals surface area contributed by atoms with Crippen molar-refractivity contribution in [1.29, 1.82) is 0 Å². The molecule has 0 amide bonds. The molecular weight excluding hydrogens is 300 g/mol. The summed E-state index contributed by atoms with van der Waals surface area (Å²) in [7, 11) is -4.54. The summed E-state index contributed by atoms with van der Waals surface area (Å²) in [5.41, 5.74) is 0.803. The molecule has 0 spiro atoms. The minimum atomic E-state index is -4.54. The molecule has 0 aliphatic rings. The number of rotatable bonds is 7. The van der Waals surface area contributed by atoms with Gasteiger partial charge in [-0.1, -0.05) is 12.1 Å². The number of sulfone groups is 1. The predicted molar refractivity (Wildman–Crippen MR) is 76.9 cm³/mol. The molecule has 0 fully saturated rings. The molecule has 0 radical (unpaired) electrons. The van der Waals surface area contributed by atoms with E-state index in [1.54, 1.807) is 6.92 Å². The second-order valence-electron chi connectivity index (χ2n) is 5.32. The second kappa shape index (κ2) is 7.29. The molecule has 0 aromatic heterocycles. The fourth-order valence-corrected chi connectivity index (χ4v) is 2.64. The van der Waals surface area contributed by atoms with Gasteiger partial charge in [-0.05, 0) is 38.5 Å². The van der Waals surface area contributed by atoms with E-state index in [1.807, 2.05) is 18.7 Å². The lowest BCUT2D eigenvalue weighted by molar-refractivity contribution is 0.103. The van der Waals surface area contributed by atoms with Crippen molar-refractivity contribution in [1.82, 2.24) is 4.90 Å². The zero-order chi connectivity index (χ0) is 16.2. The van der Waals surface area contributed by atoms with Crippen LogP contribution in [-0.2, 0) is 16.4 Å². The van der Waals surface area contributed by atoms with Crippen LogP contribution in [0.3, 0.4) is 0 Å². The summed E-state index contributed by atoms with van der Waals surface area (Å²) in [6.07, 6.45) is -0.481. The number of aliphatic hydroxyl groups is 1. The van der Waals surface area contributed by atoms with Crippen LogP contribution in [0, 0.1) is 0 Å². The van der Waals surface area contributed by atoms with Crippen LogP contribution >= 0.6 is 0 Å². The highest BCUT2D eigenvalue weighted by atomic mass is 32.2. The highest BCUT2D eigenvalue weighted by Gasteiger charge is 2.26. The van der Waals surface area contributed by atoms with Gasteiger partial charge in [-0.3, -0.25) is 4.90 Å². The molecule has 1 N–H and O–H groups in total.